The van der Waals surface area contributed by atoms with Gasteiger partial charge in [-0.2, -0.15) is 0 Å². The number of benzene rings is 1. The van der Waals surface area contributed by atoms with Crippen LogP contribution in [-0.2, 0) is 4.79 Å². The molecule has 6 heteroatoms. The third kappa shape index (κ3) is 2.65. The average Bonchev–Trinajstić information content (AvgIpc) is 2.35. The highest BCUT2D eigenvalue weighted by atomic mass is 16.5. The summed E-state index contributed by atoms with van der Waals surface area (Å²) in [7, 11) is 4.22. The van der Waals surface area contributed by atoms with Gasteiger partial charge in [0, 0.05) is 12.1 Å². The lowest BCUT2D eigenvalue weighted by atomic mass is 10.1. The van der Waals surface area contributed by atoms with E-state index in [2.05, 4.69) is 0 Å². The molecule has 6 nitrogen and oxygen atoms in total. The minimum absolute atomic E-state index is 0.165. The third-order valence-electron chi connectivity index (χ3n) is 2.24. The van der Waals surface area contributed by atoms with Gasteiger partial charge in [0.2, 0.25) is 5.75 Å². The normalized spacial score (nSPS) is 10.4. The Morgan fingerprint density at radius 2 is 1.78 bits per heavy atom. The van der Waals surface area contributed by atoms with Gasteiger partial charge in [-0.3, -0.25) is 0 Å². The van der Waals surface area contributed by atoms with E-state index in [9.17, 15) is 9.90 Å². The lowest BCUT2D eigenvalue weighted by Crippen LogP contribution is -1.97. The maximum atomic E-state index is 10.5. The van der Waals surface area contributed by atoms with Crippen molar-refractivity contribution in [3.05, 3.63) is 17.7 Å². The van der Waals surface area contributed by atoms with Gasteiger partial charge in [0.05, 0.1) is 26.9 Å². The van der Waals surface area contributed by atoms with Crippen molar-refractivity contribution in [1.29, 1.82) is 0 Å². The molecule has 0 aliphatic carbocycles. The molecule has 0 bridgehead atoms. The molecule has 2 N–H and O–H groups in total. The molecule has 0 radical (unpaired) electrons. The Labute approximate surface area is 104 Å². The van der Waals surface area contributed by atoms with Gasteiger partial charge in [-0.25, -0.2) is 4.79 Å². The number of aliphatic carboxylic acids is 1. The molecule has 0 saturated heterocycles. The molecule has 1 aromatic carbocycles. The van der Waals surface area contributed by atoms with E-state index >= 15 is 0 Å². The number of hydrogen-bond donors (Lipinski definition) is 2. The Hall–Kier alpha value is -2.37. The van der Waals surface area contributed by atoms with Gasteiger partial charge in [0.1, 0.15) is 5.75 Å². The van der Waals surface area contributed by atoms with Crippen molar-refractivity contribution in [3.63, 3.8) is 0 Å². The number of phenols is 1. The zero-order valence-electron chi connectivity index (χ0n) is 10.3. The quantitative estimate of drug-likeness (QED) is 0.775. The molecule has 0 aliphatic heterocycles. The number of hydrogen-bond acceptors (Lipinski definition) is 5. The van der Waals surface area contributed by atoms with Crippen LogP contribution in [0.15, 0.2) is 12.1 Å². The molecule has 0 heterocycles. The lowest BCUT2D eigenvalue weighted by molar-refractivity contribution is -0.131. The predicted octanol–water partition coefficient (Wildman–Crippen LogP) is 1.52. The molecule has 0 unspecified atom stereocenters. The summed E-state index contributed by atoms with van der Waals surface area (Å²) in [6.07, 6.45) is 2.11. The van der Waals surface area contributed by atoms with Crippen molar-refractivity contribution in [2.75, 3.05) is 21.3 Å². The number of aromatic hydroxyl groups is 1. The molecular weight excluding hydrogens is 240 g/mol. The summed E-state index contributed by atoms with van der Waals surface area (Å²) in [6, 6.07) is 1.32. The van der Waals surface area contributed by atoms with E-state index in [0.717, 1.165) is 6.08 Å². The predicted molar refractivity (Wildman–Crippen MR) is 64.4 cm³/mol. The summed E-state index contributed by atoms with van der Waals surface area (Å²) in [5.41, 5.74) is 0.206. The second-order valence-corrected chi connectivity index (χ2v) is 3.25. The Balaban J connectivity index is 3.45. The molecule has 0 aliphatic rings. The number of carboxylic acid groups (broad SMARTS) is 1. The van der Waals surface area contributed by atoms with Crippen molar-refractivity contribution < 1.29 is 29.2 Å². The van der Waals surface area contributed by atoms with Crippen molar-refractivity contribution in [2.24, 2.45) is 0 Å². The standard InChI is InChI=1S/C12H14O6/c1-16-9-6-8(13)7(4-5-10(14)15)11(17-2)12(9)18-3/h4-6,13H,1-3H3,(H,14,15)/b5-4+. The van der Waals surface area contributed by atoms with Crippen molar-refractivity contribution in [2.45, 2.75) is 0 Å². The van der Waals surface area contributed by atoms with Gasteiger partial charge in [0.15, 0.2) is 11.5 Å². The van der Waals surface area contributed by atoms with Gasteiger partial charge in [-0.05, 0) is 6.08 Å². The number of carboxylic acids is 1. The summed E-state index contributed by atoms with van der Waals surface area (Å²) < 4.78 is 15.3. The first-order valence-corrected chi connectivity index (χ1v) is 4.98. The van der Waals surface area contributed by atoms with E-state index in [4.69, 9.17) is 19.3 Å². The number of carbonyl (C=O) groups is 1. The first-order chi connectivity index (χ1) is 8.54. The molecule has 18 heavy (non-hydrogen) atoms. The van der Waals surface area contributed by atoms with E-state index in [1.807, 2.05) is 0 Å². The summed E-state index contributed by atoms with van der Waals surface area (Å²) in [5.74, 6) is -0.526. The molecule has 0 amide bonds. The van der Waals surface area contributed by atoms with Gasteiger partial charge in [-0.1, -0.05) is 0 Å². The highest BCUT2D eigenvalue weighted by molar-refractivity contribution is 5.87. The monoisotopic (exact) mass is 254 g/mol. The fraction of sp³-hybridized carbons (Fsp3) is 0.250. The zero-order chi connectivity index (χ0) is 13.7. The van der Waals surface area contributed by atoms with Gasteiger partial charge < -0.3 is 24.4 Å². The minimum Gasteiger partial charge on any atom is -0.507 e. The first-order valence-electron chi connectivity index (χ1n) is 4.98. The van der Waals surface area contributed by atoms with Crippen LogP contribution in [0.4, 0.5) is 0 Å². The fourth-order valence-corrected chi connectivity index (χ4v) is 1.48. The second-order valence-electron chi connectivity index (χ2n) is 3.25. The maximum absolute atomic E-state index is 10.5. The first kappa shape index (κ1) is 13.7. The van der Waals surface area contributed by atoms with E-state index in [1.165, 1.54) is 33.5 Å². The number of phenolic OH excluding ortho intramolecular Hbond substituents is 1. The molecule has 1 rings (SSSR count). The van der Waals surface area contributed by atoms with Gasteiger partial charge in [0.25, 0.3) is 0 Å². The van der Waals surface area contributed by atoms with Crippen molar-refractivity contribution in [1.82, 2.24) is 0 Å². The zero-order valence-corrected chi connectivity index (χ0v) is 10.3. The maximum Gasteiger partial charge on any atom is 0.328 e. The summed E-state index contributed by atoms with van der Waals surface area (Å²) in [4.78, 5) is 10.5. The molecule has 0 aromatic heterocycles. The highest BCUT2D eigenvalue weighted by Gasteiger charge is 2.18. The molecule has 98 valence electrons. The van der Waals surface area contributed by atoms with Crippen LogP contribution in [0, 0.1) is 0 Å². The van der Waals surface area contributed by atoms with Crippen LogP contribution in [0.2, 0.25) is 0 Å². The van der Waals surface area contributed by atoms with Gasteiger partial charge in [-0.15, -0.1) is 0 Å². The molecule has 1 aromatic rings. The van der Waals surface area contributed by atoms with Crippen LogP contribution in [0.3, 0.4) is 0 Å². The van der Waals surface area contributed by atoms with Crippen molar-refractivity contribution in [3.8, 4) is 23.0 Å². The van der Waals surface area contributed by atoms with Crippen LogP contribution >= 0.6 is 0 Å². The lowest BCUT2D eigenvalue weighted by Gasteiger charge is -2.15. The van der Waals surface area contributed by atoms with Crippen LogP contribution in [0.5, 0.6) is 23.0 Å². The Kier molecular flexibility index (Phi) is 4.42. The SMILES string of the molecule is COc1cc(O)c(/C=C/C(=O)O)c(OC)c1OC. The van der Waals surface area contributed by atoms with Crippen LogP contribution in [0.25, 0.3) is 6.08 Å². The average molecular weight is 254 g/mol. The highest BCUT2D eigenvalue weighted by Crippen LogP contribution is 2.45. The van der Waals surface area contributed by atoms with Crippen LogP contribution < -0.4 is 14.2 Å². The molecular formula is C12H14O6. The van der Waals surface area contributed by atoms with Crippen LogP contribution in [0.1, 0.15) is 5.56 Å². The smallest absolute Gasteiger partial charge is 0.328 e. The van der Waals surface area contributed by atoms with Crippen molar-refractivity contribution >= 4 is 12.0 Å². The molecule has 0 spiro atoms. The van der Waals surface area contributed by atoms with Crippen LogP contribution in [-0.4, -0.2) is 37.5 Å². The van der Waals surface area contributed by atoms with E-state index in [1.54, 1.807) is 0 Å². The summed E-state index contributed by atoms with van der Waals surface area (Å²) in [5, 5.41) is 18.4. The van der Waals surface area contributed by atoms with E-state index in [0.29, 0.717) is 5.75 Å². The summed E-state index contributed by atoms with van der Waals surface area (Å²) in [6.45, 7) is 0. The third-order valence-corrected chi connectivity index (χ3v) is 2.24. The number of methoxy groups -OCH3 is 3. The number of ether oxygens (including phenoxy) is 3. The summed E-state index contributed by atoms with van der Waals surface area (Å²) >= 11 is 0. The Bertz CT molecular complexity index is 478. The largest absolute Gasteiger partial charge is 0.507 e. The minimum atomic E-state index is -1.13. The molecule has 0 atom stereocenters. The Morgan fingerprint density at radius 1 is 1.17 bits per heavy atom. The number of rotatable bonds is 5. The van der Waals surface area contributed by atoms with E-state index in [-0.39, 0.29) is 22.8 Å². The Morgan fingerprint density at radius 3 is 2.22 bits per heavy atom. The topological polar surface area (TPSA) is 85.2 Å². The van der Waals surface area contributed by atoms with E-state index < -0.39 is 5.97 Å². The fourth-order valence-electron chi connectivity index (χ4n) is 1.48. The molecule has 0 fully saturated rings. The second kappa shape index (κ2) is 5.81. The molecule has 0 saturated carbocycles. The van der Waals surface area contributed by atoms with Gasteiger partial charge >= 0.3 is 5.97 Å².